The quantitative estimate of drug-likeness (QED) is 0.745. The highest BCUT2D eigenvalue weighted by Crippen LogP contribution is 2.37. The summed E-state index contributed by atoms with van der Waals surface area (Å²) in [5.41, 5.74) is 0.0557. The number of amides is 1. The first kappa shape index (κ1) is 18.5. The molecule has 1 rings (SSSR count). The first-order valence-corrected chi connectivity index (χ1v) is 7.93. The Labute approximate surface area is 135 Å². The number of rotatable bonds is 5. The smallest absolute Gasteiger partial charge is 0.228 e. The van der Waals surface area contributed by atoms with Gasteiger partial charge in [-0.15, -0.1) is 0 Å². The molecule has 0 spiro atoms. The third kappa shape index (κ3) is 6.08. The molecule has 0 aliphatic rings. The van der Waals surface area contributed by atoms with Crippen molar-refractivity contribution in [2.24, 2.45) is 16.7 Å². The number of hydrogen-bond donors (Lipinski definition) is 0. The molecule has 0 aromatic heterocycles. The fourth-order valence-corrected chi connectivity index (χ4v) is 2.39. The molecule has 1 atom stereocenters. The van der Waals surface area contributed by atoms with E-state index >= 15 is 0 Å². The van der Waals surface area contributed by atoms with E-state index in [-0.39, 0.29) is 29.4 Å². The highest BCUT2D eigenvalue weighted by molar-refractivity contribution is 5.79. The van der Waals surface area contributed by atoms with Crippen LogP contribution in [0.1, 0.15) is 48.0 Å². The first-order valence-electron chi connectivity index (χ1n) is 7.93. The molecule has 0 N–H and O–H groups in total. The fourth-order valence-electron chi connectivity index (χ4n) is 2.39. The molecule has 1 amide bonds. The second kappa shape index (κ2) is 7.17. The van der Waals surface area contributed by atoms with E-state index in [1.807, 2.05) is 37.4 Å². The van der Waals surface area contributed by atoms with Crippen LogP contribution >= 0.6 is 0 Å². The van der Waals surface area contributed by atoms with Crippen molar-refractivity contribution >= 4 is 5.91 Å². The van der Waals surface area contributed by atoms with Gasteiger partial charge in [-0.05, 0) is 29.4 Å². The summed E-state index contributed by atoms with van der Waals surface area (Å²) in [5, 5.41) is 0. The third-order valence-corrected chi connectivity index (χ3v) is 3.70. The second-order valence-corrected chi connectivity index (χ2v) is 8.31. The monoisotopic (exact) mass is 305 g/mol. The maximum atomic E-state index is 12.8. The van der Waals surface area contributed by atoms with Crippen LogP contribution in [0.5, 0.6) is 5.75 Å². The number of carbonyl (C=O) groups excluding carboxylic acids is 1. The Morgan fingerprint density at radius 1 is 1.09 bits per heavy atom. The summed E-state index contributed by atoms with van der Waals surface area (Å²) in [4.78, 5) is 14.5. The van der Waals surface area contributed by atoms with E-state index in [2.05, 4.69) is 41.5 Å². The van der Waals surface area contributed by atoms with Crippen molar-refractivity contribution in [3.63, 3.8) is 0 Å². The largest absolute Gasteiger partial charge is 0.473 e. The van der Waals surface area contributed by atoms with Gasteiger partial charge in [0.2, 0.25) is 5.91 Å². The van der Waals surface area contributed by atoms with Crippen molar-refractivity contribution < 1.29 is 9.53 Å². The van der Waals surface area contributed by atoms with Crippen molar-refractivity contribution in [2.75, 3.05) is 13.8 Å². The Bertz CT molecular complexity index is 468. The highest BCUT2D eigenvalue weighted by Gasteiger charge is 2.36. The third-order valence-electron chi connectivity index (χ3n) is 3.70. The number of benzene rings is 1. The maximum absolute atomic E-state index is 12.8. The van der Waals surface area contributed by atoms with Gasteiger partial charge in [-0.3, -0.25) is 4.79 Å². The Kier molecular flexibility index (Phi) is 6.04. The van der Waals surface area contributed by atoms with Crippen LogP contribution in [0.3, 0.4) is 0 Å². The van der Waals surface area contributed by atoms with Gasteiger partial charge >= 0.3 is 0 Å². The Balaban J connectivity index is 2.72. The minimum atomic E-state index is -0.0641. The molecule has 0 aliphatic carbocycles. The van der Waals surface area contributed by atoms with E-state index in [9.17, 15) is 4.79 Å². The SMILES string of the molecule is CN(COc1ccccc1)C(=O)C(CC(C)(C)C)C(C)(C)C. The van der Waals surface area contributed by atoms with Crippen molar-refractivity contribution in [2.45, 2.75) is 48.0 Å². The molecule has 3 nitrogen and oxygen atoms in total. The van der Waals surface area contributed by atoms with Crippen LogP contribution in [-0.2, 0) is 4.79 Å². The van der Waals surface area contributed by atoms with Gasteiger partial charge in [0, 0.05) is 13.0 Å². The van der Waals surface area contributed by atoms with Crippen molar-refractivity contribution in [3.05, 3.63) is 30.3 Å². The van der Waals surface area contributed by atoms with Crippen LogP contribution in [0.25, 0.3) is 0 Å². The zero-order valence-electron chi connectivity index (χ0n) is 15.1. The number of carbonyl (C=O) groups is 1. The van der Waals surface area contributed by atoms with Crippen LogP contribution < -0.4 is 4.74 Å². The molecule has 1 aromatic rings. The van der Waals surface area contributed by atoms with Gasteiger partial charge < -0.3 is 9.64 Å². The van der Waals surface area contributed by atoms with Gasteiger partial charge in [-0.25, -0.2) is 0 Å². The Hall–Kier alpha value is -1.51. The van der Waals surface area contributed by atoms with E-state index in [1.54, 1.807) is 4.90 Å². The number of nitrogens with zero attached hydrogens (tertiary/aromatic N) is 1. The van der Waals surface area contributed by atoms with Crippen molar-refractivity contribution in [1.29, 1.82) is 0 Å². The van der Waals surface area contributed by atoms with Gasteiger partial charge in [0.1, 0.15) is 5.75 Å². The lowest BCUT2D eigenvalue weighted by Crippen LogP contribution is -2.42. The second-order valence-electron chi connectivity index (χ2n) is 8.31. The molecule has 0 bridgehead atoms. The molecule has 0 radical (unpaired) electrons. The molecule has 1 unspecified atom stereocenters. The van der Waals surface area contributed by atoms with E-state index in [4.69, 9.17) is 4.74 Å². The summed E-state index contributed by atoms with van der Waals surface area (Å²) >= 11 is 0. The van der Waals surface area contributed by atoms with Crippen LogP contribution in [-0.4, -0.2) is 24.6 Å². The Morgan fingerprint density at radius 3 is 2.09 bits per heavy atom. The topological polar surface area (TPSA) is 29.5 Å². The number of ether oxygens (including phenoxy) is 1. The standard InChI is InChI=1S/C19H31NO2/c1-18(2,3)13-16(19(4,5)6)17(21)20(7)14-22-15-11-9-8-10-12-15/h8-12,16H,13-14H2,1-7H3. The zero-order valence-corrected chi connectivity index (χ0v) is 15.1. The summed E-state index contributed by atoms with van der Waals surface area (Å²) in [7, 11) is 1.81. The maximum Gasteiger partial charge on any atom is 0.228 e. The lowest BCUT2D eigenvalue weighted by atomic mass is 9.71. The predicted octanol–water partition coefficient (Wildman–Crippen LogP) is 4.58. The molecular weight excluding hydrogens is 274 g/mol. The summed E-state index contributed by atoms with van der Waals surface area (Å²) in [5.74, 6) is 0.917. The van der Waals surface area contributed by atoms with Crippen LogP contribution in [0, 0.1) is 16.7 Å². The molecule has 22 heavy (non-hydrogen) atoms. The average Bonchev–Trinajstić information content (AvgIpc) is 2.40. The van der Waals surface area contributed by atoms with E-state index < -0.39 is 0 Å². The van der Waals surface area contributed by atoms with Crippen LogP contribution in [0.4, 0.5) is 0 Å². The molecule has 0 saturated carbocycles. The summed E-state index contributed by atoms with van der Waals surface area (Å²) in [6, 6.07) is 9.59. The molecule has 0 saturated heterocycles. The normalized spacial score (nSPS) is 13.6. The lowest BCUT2D eigenvalue weighted by Gasteiger charge is -2.36. The van der Waals surface area contributed by atoms with Crippen LogP contribution in [0.15, 0.2) is 30.3 Å². The average molecular weight is 305 g/mol. The van der Waals surface area contributed by atoms with E-state index in [1.165, 1.54) is 0 Å². The predicted molar refractivity (Wildman–Crippen MR) is 91.7 cm³/mol. The zero-order chi connectivity index (χ0) is 17.0. The van der Waals surface area contributed by atoms with Crippen LogP contribution in [0.2, 0.25) is 0 Å². The highest BCUT2D eigenvalue weighted by atomic mass is 16.5. The summed E-state index contributed by atoms with van der Waals surface area (Å²) < 4.78 is 5.69. The molecule has 0 fully saturated rings. The van der Waals surface area contributed by atoms with Gasteiger partial charge in [-0.1, -0.05) is 59.7 Å². The van der Waals surface area contributed by atoms with Crippen molar-refractivity contribution in [1.82, 2.24) is 4.90 Å². The first-order chi connectivity index (χ1) is 10.0. The Morgan fingerprint density at radius 2 is 1.64 bits per heavy atom. The minimum Gasteiger partial charge on any atom is -0.473 e. The molecule has 124 valence electrons. The van der Waals surface area contributed by atoms with Gasteiger partial charge in [0.05, 0.1) is 0 Å². The van der Waals surface area contributed by atoms with Gasteiger partial charge in [0.25, 0.3) is 0 Å². The molecule has 1 aromatic carbocycles. The summed E-state index contributed by atoms with van der Waals surface area (Å²) in [6.07, 6.45) is 0.866. The summed E-state index contributed by atoms with van der Waals surface area (Å²) in [6.45, 7) is 13.2. The minimum absolute atomic E-state index is 0.0168. The molecule has 0 heterocycles. The fraction of sp³-hybridized carbons (Fsp3) is 0.632. The number of para-hydroxylation sites is 1. The van der Waals surface area contributed by atoms with E-state index in [0.29, 0.717) is 0 Å². The molecular formula is C19H31NO2. The lowest BCUT2D eigenvalue weighted by molar-refractivity contribution is -0.141. The van der Waals surface area contributed by atoms with Gasteiger partial charge in [0.15, 0.2) is 6.73 Å². The number of hydrogen-bond acceptors (Lipinski definition) is 2. The van der Waals surface area contributed by atoms with Gasteiger partial charge in [-0.2, -0.15) is 0 Å². The molecule has 3 heteroatoms. The van der Waals surface area contributed by atoms with E-state index in [0.717, 1.165) is 12.2 Å². The van der Waals surface area contributed by atoms with Crippen molar-refractivity contribution in [3.8, 4) is 5.75 Å². The molecule has 0 aliphatic heterocycles.